The topological polar surface area (TPSA) is 72.9 Å². The quantitative estimate of drug-likeness (QED) is 0.844. The lowest BCUT2D eigenvalue weighted by Gasteiger charge is -2.07. The zero-order valence-corrected chi connectivity index (χ0v) is 11.3. The van der Waals surface area contributed by atoms with Crippen molar-refractivity contribution < 1.29 is 4.79 Å². The van der Waals surface area contributed by atoms with Crippen molar-refractivity contribution in [2.45, 2.75) is 19.9 Å². The van der Waals surface area contributed by atoms with Crippen molar-refractivity contribution in [3.05, 3.63) is 41.2 Å². The summed E-state index contributed by atoms with van der Waals surface area (Å²) in [6.07, 6.45) is 1.90. The highest BCUT2D eigenvalue weighted by atomic mass is 35.5. The van der Waals surface area contributed by atoms with Crippen LogP contribution in [0.4, 0.5) is 11.4 Å². The number of nitrogens with two attached hydrogens (primary N) is 1. The van der Waals surface area contributed by atoms with Crippen molar-refractivity contribution in [1.82, 2.24) is 9.78 Å². The van der Waals surface area contributed by atoms with Crippen LogP contribution in [-0.2, 0) is 11.3 Å². The van der Waals surface area contributed by atoms with Crippen molar-refractivity contribution in [3.63, 3.8) is 0 Å². The number of amides is 1. The molecule has 0 bridgehead atoms. The average Bonchev–Trinajstić information content (AvgIpc) is 2.68. The van der Waals surface area contributed by atoms with Crippen LogP contribution in [0.5, 0.6) is 0 Å². The van der Waals surface area contributed by atoms with Crippen molar-refractivity contribution in [2.24, 2.45) is 0 Å². The summed E-state index contributed by atoms with van der Waals surface area (Å²) in [5.41, 5.74) is 7.81. The van der Waals surface area contributed by atoms with E-state index < -0.39 is 0 Å². The van der Waals surface area contributed by atoms with Crippen molar-refractivity contribution >= 4 is 28.9 Å². The minimum absolute atomic E-state index is 0.0865. The Hall–Kier alpha value is -2.01. The summed E-state index contributed by atoms with van der Waals surface area (Å²) in [6.45, 7) is 2.36. The van der Waals surface area contributed by atoms with Crippen LogP contribution in [-0.4, -0.2) is 15.7 Å². The summed E-state index contributed by atoms with van der Waals surface area (Å²) < 4.78 is 1.71. The van der Waals surface area contributed by atoms with E-state index in [9.17, 15) is 4.79 Å². The van der Waals surface area contributed by atoms with Gasteiger partial charge in [0, 0.05) is 17.8 Å². The van der Waals surface area contributed by atoms with E-state index in [1.165, 1.54) is 0 Å². The number of hydrogen-bond acceptors (Lipinski definition) is 3. The van der Waals surface area contributed by atoms with Crippen molar-refractivity contribution in [3.8, 4) is 0 Å². The predicted molar refractivity (Wildman–Crippen MR) is 76.1 cm³/mol. The Kier molecular flexibility index (Phi) is 4.06. The Morgan fingerprint density at radius 3 is 2.95 bits per heavy atom. The molecule has 0 radical (unpaired) electrons. The largest absolute Gasteiger partial charge is 0.399 e. The first kappa shape index (κ1) is 13.4. The van der Waals surface area contributed by atoms with E-state index >= 15 is 0 Å². The third-order valence-corrected chi connectivity index (χ3v) is 3.14. The molecule has 1 amide bonds. The number of aromatic nitrogens is 2. The van der Waals surface area contributed by atoms with Crippen LogP contribution in [0.15, 0.2) is 30.5 Å². The molecule has 0 atom stereocenters. The number of carbonyl (C=O) groups excluding carboxylic acids is 1. The van der Waals surface area contributed by atoms with E-state index in [0.717, 1.165) is 5.69 Å². The van der Waals surface area contributed by atoms with Gasteiger partial charge < -0.3 is 11.1 Å². The highest BCUT2D eigenvalue weighted by Crippen LogP contribution is 2.14. The first-order valence-corrected chi connectivity index (χ1v) is 6.27. The molecule has 2 aromatic rings. The molecule has 0 aliphatic carbocycles. The molecule has 1 heterocycles. The normalized spacial score (nSPS) is 10.4. The van der Waals surface area contributed by atoms with Gasteiger partial charge in [-0.15, -0.1) is 0 Å². The maximum absolute atomic E-state index is 11.8. The number of benzene rings is 1. The maximum atomic E-state index is 11.8. The van der Waals surface area contributed by atoms with Gasteiger partial charge in [0.05, 0.1) is 23.5 Å². The summed E-state index contributed by atoms with van der Waals surface area (Å²) in [7, 11) is 0. The Bertz CT molecular complexity index is 594. The molecule has 0 aliphatic rings. The van der Waals surface area contributed by atoms with Gasteiger partial charge in [-0.05, 0) is 25.1 Å². The number of carbonyl (C=O) groups is 1. The molecule has 0 unspecified atom stereocenters. The monoisotopic (exact) mass is 278 g/mol. The minimum atomic E-state index is -0.0865. The number of nitrogens with zero attached hydrogens (tertiary/aromatic N) is 2. The van der Waals surface area contributed by atoms with Crippen LogP contribution < -0.4 is 11.1 Å². The average molecular weight is 279 g/mol. The van der Waals surface area contributed by atoms with Gasteiger partial charge in [0.15, 0.2) is 0 Å². The lowest BCUT2D eigenvalue weighted by molar-refractivity contribution is -0.116. The molecule has 0 aliphatic heterocycles. The summed E-state index contributed by atoms with van der Waals surface area (Å²) in [5, 5.41) is 7.49. The number of hydrogen-bond donors (Lipinski definition) is 2. The van der Waals surface area contributed by atoms with Gasteiger partial charge >= 0.3 is 0 Å². The Labute approximate surface area is 116 Å². The number of rotatable bonds is 4. The third-order valence-electron chi connectivity index (χ3n) is 2.76. The second-order valence-corrected chi connectivity index (χ2v) is 4.63. The van der Waals surface area contributed by atoms with E-state index in [2.05, 4.69) is 10.4 Å². The third kappa shape index (κ3) is 3.48. The van der Waals surface area contributed by atoms with Gasteiger partial charge in [0.1, 0.15) is 0 Å². The van der Waals surface area contributed by atoms with E-state index in [1.54, 1.807) is 35.1 Å². The summed E-state index contributed by atoms with van der Waals surface area (Å²) in [6, 6.07) is 7.07. The molecule has 0 fully saturated rings. The molecule has 3 N–H and O–H groups in total. The second kappa shape index (κ2) is 5.75. The fraction of sp³-hybridized carbons (Fsp3) is 0.231. The zero-order valence-electron chi connectivity index (χ0n) is 10.6. The van der Waals surface area contributed by atoms with Gasteiger partial charge in [-0.3, -0.25) is 9.48 Å². The molecule has 100 valence electrons. The molecule has 0 spiro atoms. The highest BCUT2D eigenvalue weighted by molar-refractivity contribution is 6.31. The van der Waals surface area contributed by atoms with Gasteiger partial charge in [0.2, 0.25) is 5.91 Å². The Morgan fingerprint density at radius 1 is 1.53 bits per heavy atom. The first-order valence-electron chi connectivity index (χ1n) is 5.89. The van der Waals surface area contributed by atoms with Gasteiger partial charge in [-0.1, -0.05) is 17.7 Å². The molecule has 2 rings (SSSR count). The van der Waals surface area contributed by atoms with Gasteiger partial charge in [-0.2, -0.15) is 5.10 Å². The molecule has 5 nitrogen and oxygen atoms in total. The van der Waals surface area contributed by atoms with Crippen LogP contribution in [0.1, 0.15) is 12.1 Å². The number of anilines is 2. The van der Waals surface area contributed by atoms with Crippen LogP contribution in [0.25, 0.3) is 0 Å². The molecule has 0 saturated carbocycles. The number of nitrogen functional groups attached to an aromatic ring is 1. The summed E-state index contributed by atoms with van der Waals surface area (Å²) in [5.74, 6) is -0.0865. The first-order chi connectivity index (χ1) is 9.06. The Morgan fingerprint density at radius 2 is 2.32 bits per heavy atom. The molecule has 1 aromatic carbocycles. The van der Waals surface area contributed by atoms with Crippen LogP contribution in [0.2, 0.25) is 5.02 Å². The molecular formula is C13H15ClN4O. The van der Waals surface area contributed by atoms with E-state index in [0.29, 0.717) is 29.4 Å². The van der Waals surface area contributed by atoms with E-state index in [4.69, 9.17) is 17.3 Å². The van der Waals surface area contributed by atoms with Crippen molar-refractivity contribution in [1.29, 1.82) is 0 Å². The van der Waals surface area contributed by atoms with E-state index in [-0.39, 0.29) is 5.91 Å². The summed E-state index contributed by atoms with van der Waals surface area (Å²) >= 11 is 5.89. The predicted octanol–water partition coefficient (Wildman–Crippen LogP) is 2.46. The maximum Gasteiger partial charge on any atom is 0.226 e. The second-order valence-electron chi connectivity index (χ2n) is 4.22. The molecule has 19 heavy (non-hydrogen) atoms. The van der Waals surface area contributed by atoms with Crippen LogP contribution >= 0.6 is 11.6 Å². The number of halogens is 1. The molecule has 1 aromatic heterocycles. The minimum Gasteiger partial charge on any atom is -0.399 e. The number of aryl methyl sites for hydroxylation is 1. The molecule has 6 heteroatoms. The van der Waals surface area contributed by atoms with Crippen molar-refractivity contribution in [2.75, 3.05) is 11.1 Å². The lowest BCUT2D eigenvalue weighted by Crippen LogP contribution is -2.15. The van der Waals surface area contributed by atoms with E-state index in [1.807, 2.05) is 6.92 Å². The fourth-order valence-corrected chi connectivity index (χ4v) is 1.84. The standard InChI is InChI=1S/C13H15ClN4O/c1-9-12(14)8-16-18(9)6-5-13(19)17-11-4-2-3-10(15)7-11/h2-4,7-8H,5-6,15H2,1H3,(H,17,19). The summed E-state index contributed by atoms with van der Waals surface area (Å²) in [4.78, 5) is 11.8. The highest BCUT2D eigenvalue weighted by Gasteiger charge is 2.07. The van der Waals surface area contributed by atoms with Gasteiger partial charge in [0.25, 0.3) is 0 Å². The fourth-order valence-electron chi connectivity index (χ4n) is 1.70. The Balaban J connectivity index is 1.90. The molecular weight excluding hydrogens is 264 g/mol. The van der Waals surface area contributed by atoms with Crippen LogP contribution in [0, 0.1) is 6.92 Å². The smallest absolute Gasteiger partial charge is 0.226 e. The zero-order chi connectivity index (χ0) is 13.8. The van der Waals surface area contributed by atoms with Gasteiger partial charge in [-0.25, -0.2) is 0 Å². The SMILES string of the molecule is Cc1c(Cl)cnn1CCC(=O)Nc1cccc(N)c1. The molecule has 0 saturated heterocycles. The lowest BCUT2D eigenvalue weighted by atomic mass is 10.2. The number of nitrogens with one attached hydrogen (secondary N) is 1. The van der Waals surface area contributed by atoms with Crippen LogP contribution in [0.3, 0.4) is 0 Å².